The zero-order valence-corrected chi connectivity index (χ0v) is 16.4. The molecule has 0 spiro atoms. The maximum absolute atomic E-state index is 12.5. The minimum absolute atomic E-state index is 0.0330. The van der Waals surface area contributed by atoms with Gasteiger partial charge in [-0.05, 0) is 31.9 Å². The number of imide groups is 1. The van der Waals surface area contributed by atoms with Crippen molar-refractivity contribution in [2.24, 2.45) is 11.8 Å². The number of fused-ring (bicyclic) bond motifs is 1. The van der Waals surface area contributed by atoms with Gasteiger partial charge in [-0.1, -0.05) is 30.5 Å². The minimum Gasteiger partial charge on any atom is -0.336 e. The average Bonchev–Trinajstić information content (AvgIpc) is 2.92. The van der Waals surface area contributed by atoms with Crippen LogP contribution < -0.4 is 5.32 Å². The summed E-state index contributed by atoms with van der Waals surface area (Å²) >= 11 is 0. The Bertz CT molecular complexity index is 750. The number of carbonyl (C=O) groups is 4. The molecule has 2 atom stereocenters. The Labute approximate surface area is 165 Å². The molecular formula is C21H27N3O4. The third-order valence-electron chi connectivity index (χ3n) is 5.62. The van der Waals surface area contributed by atoms with Crippen LogP contribution in [0.2, 0.25) is 0 Å². The second-order valence-corrected chi connectivity index (χ2v) is 7.74. The second kappa shape index (κ2) is 8.54. The Kier molecular flexibility index (Phi) is 6.11. The van der Waals surface area contributed by atoms with Gasteiger partial charge in [0.2, 0.25) is 23.6 Å². The summed E-state index contributed by atoms with van der Waals surface area (Å²) in [5.74, 6) is -1.23. The van der Waals surface area contributed by atoms with Crippen molar-refractivity contribution in [2.45, 2.75) is 39.0 Å². The quantitative estimate of drug-likeness (QED) is 0.759. The zero-order chi connectivity index (χ0) is 20.3. The third kappa shape index (κ3) is 4.40. The van der Waals surface area contributed by atoms with E-state index >= 15 is 0 Å². The normalized spacial score (nSPS) is 21.4. The number of hydrogen-bond donors (Lipinski definition) is 1. The molecule has 4 amide bonds. The van der Waals surface area contributed by atoms with Gasteiger partial charge in [0.05, 0.1) is 18.4 Å². The lowest BCUT2D eigenvalue weighted by Crippen LogP contribution is -2.38. The highest BCUT2D eigenvalue weighted by Crippen LogP contribution is 2.37. The van der Waals surface area contributed by atoms with Crippen molar-refractivity contribution in [3.05, 3.63) is 29.8 Å². The number of nitrogens with one attached hydrogen (secondary N) is 1. The van der Waals surface area contributed by atoms with E-state index in [1.165, 1.54) is 9.80 Å². The molecule has 1 heterocycles. The van der Waals surface area contributed by atoms with Crippen LogP contribution >= 0.6 is 0 Å². The molecule has 1 aromatic carbocycles. The van der Waals surface area contributed by atoms with Gasteiger partial charge in [-0.15, -0.1) is 0 Å². The van der Waals surface area contributed by atoms with Crippen LogP contribution in [0.3, 0.4) is 0 Å². The fraction of sp³-hybridized carbons (Fsp3) is 0.524. The molecule has 2 aliphatic rings. The zero-order valence-electron chi connectivity index (χ0n) is 16.4. The topological polar surface area (TPSA) is 86.8 Å². The average molecular weight is 385 g/mol. The summed E-state index contributed by atoms with van der Waals surface area (Å²) in [6, 6.07) is 7.40. The van der Waals surface area contributed by atoms with E-state index in [4.69, 9.17) is 0 Å². The highest BCUT2D eigenvalue weighted by atomic mass is 16.2. The molecule has 7 nitrogen and oxygen atoms in total. The largest absolute Gasteiger partial charge is 0.336 e. The van der Waals surface area contributed by atoms with Crippen LogP contribution in [0, 0.1) is 18.8 Å². The summed E-state index contributed by atoms with van der Waals surface area (Å²) < 4.78 is 0. The molecule has 1 aliphatic heterocycles. The lowest BCUT2D eigenvalue weighted by atomic mass is 9.81. The number of carbonyl (C=O) groups excluding carboxylic acids is 4. The molecule has 1 N–H and O–H groups in total. The number of likely N-dealkylation sites (N-methyl/N-ethyl adjacent to an activating group) is 1. The van der Waals surface area contributed by atoms with Crippen molar-refractivity contribution in [1.29, 1.82) is 0 Å². The van der Waals surface area contributed by atoms with Gasteiger partial charge in [-0.2, -0.15) is 0 Å². The molecule has 1 aliphatic carbocycles. The number of benzene rings is 1. The molecule has 2 fully saturated rings. The van der Waals surface area contributed by atoms with Gasteiger partial charge in [0.15, 0.2) is 0 Å². The van der Waals surface area contributed by atoms with Crippen LogP contribution in [0.1, 0.15) is 37.7 Å². The van der Waals surface area contributed by atoms with Crippen molar-refractivity contribution in [1.82, 2.24) is 9.80 Å². The molecule has 1 saturated carbocycles. The van der Waals surface area contributed by atoms with E-state index in [1.807, 2.05) is 19.1 Å². The standard InChI is InChI=1S/C21H27N3O4/c1-14-7-9-15(10-8-14)22-18(25)13-23(2)19(26)11-12-24-20(27)16-5-3-4-6-17(16)21(24)28/h7-10,16-17H,3-6,11-13H2,1-2H3,(H,22,25)/t16-,17+. The van der Waals surface area contributed by atoms with Crippen molar-refractivity contribution in [3.63, 3.8) is 0 Å². The molecule has 1 aromatic rings. The van der Waals surface area contributed by atoms with Crippen LogP contribution in [0.15, 0.2) is 24.3 Å². The molecule has 0 unspecified atom stereocenters. The monoisotopic (exact) mass is 385 g/mol. The van der Waals surface area contributed by atoms with E-state index in [9.17, 15) is 19.2 Å². The van der Waals surface area contributed by atoms with E-state index in [0.29, 0.717) is 5.69 Å². The van der Waals surface area contributed by atoms with E-state index in [-0.39, 0.29) is 55.0 Å². The van der Waals surface area contributed by atoms with Crippen LogP contribution in [0.4, 0.5) is 5.69 Å². The van der Waals surface area contributed by atoms with Crippen molar-refractivity contribution in [2.75, 3.05) is 25.5 Å². The van der Waals surface area contributed by atoms with Gasteiger partial charge >= 0.3 is 0 Å². The summed E-state index contributed by atoms with van der Waals surface area (Å²) in [4.78, 5) is 52.0. The number of nitrogens with zero attached hydrogens (tertiary/aromatic N) is 2. The highest BCUT2D eigenvalue weighted by Gasteiger charge is 2.47. The number of aryl methyl sites for hydroxylation is 1. The summed E-state index contributed by atoms with van der Waals surface area (Å²) in [5.41, 5.74) is 1.77. The predicted octanol–water partition coefficient (Wildman–Crippen LogP) is 1.96. The van der Waals surface area contributed by atoms with E-state index in [0.717, 1.165) is 31.2 Å². The first-order valence-corrected chi connectivity index (χ1v) is 9.82. The molecule has 1 saturated heterocycles. The van der Waals surface area contributed by atoms with Crippen LogP contribution in [-0.4, -0.2) is 53.6 Å². The maximum atomic E-state index is 12.5. The number of amides is 4. The van der Waals surface area contributed by atoms with Gasteiger partial charge in [0.1, 0.15) is 0 Å². The van der Waals surface area contributed by atoms with Gasteiger partial charge in [-0.3, -0.25) is 24.1 Å². The SMILES string of the molecule is Cc1ccc(NC(=O)CN(C)C(=O)CCN2C(=O)[C@H]3CCCC[C@H]3C2=O)cc1. The number of likely N-dealkylation sites (tertiary alicyclic amines) is 1. The minimum atomic E-state index is -0.293. The molecule has 150 valence electrons. The lowest BCUT2D eigenvalue weighted by Gasteiger charge is -2.19. The first-order chi connectivity index (χ1) is 13.4. The van der Waals surface area contributed by atoms with E-state index in [2.05, 4.69) is 5.32 Å². The summed E-state index contributed by atoms with van der Waals surface area (Å²) in [7, 11) is 1.55. The molecule has 28 heavy (non-hydrogen) atoms. The van der Waals surface area contributed by atoms with Crippen LogP contribution in [-0.2, 0) is 19.2 Å². The second-order valence-electron chi connectivity index (χ2n) is 7.74. The van der Waals surface area contributed by atoms with Gasteiger partial charge in [0, 0.05) is 25.7 Å². The smallest absolute Gasteiger partial charge is 0.243 e. The Morgan fingerprint density at radius 3 is 2.21 bits per heavy atom. The third-order valence-corrected chi connectivity index (χ3v) is 5.62. The summed E-state index contributed by atoms with van der Waals surface area (Å²) in [5, 5.41) is 2.75. The maximum Gasteiger partial charge on any atom is 0.243 e. The first-order valence-electron chi connectivity index (χ1n) is 9.82. The Hall–Kier alpha value is -2.70. The fourth-order valence-corrected chi connectivity index (χ4v) is 3.99. The molecule has 0 bridgehead atoms. The fourth-order valence-electron chi connectivity index (χ4n) is 3.99. The van der Waals surface area contributed by atoms with Crippen LogP contribution in [0.25, 0.3) is 0 Å². The Morgan fingerprint density at radius 2 is 1.64 bits per heavy atom. The molecule has 7 heteroatoms. The van der Waals surface area contributed by atoms with Crippen molar-refractivity contribution < 1.29 is 19.2 Å². The van der Waals surface area contributed by atoms with Gasteiger partial charge in [-0.25, -0.2) is 0 Å². The van der Waals surface area contributed by atoms with E-state index in [1.54, 1.807) is 19.2 Å². The Morgan fingerprint density at radius 1 is 1.07 bits per heavy atom. The molecule has 3 rings (SSSR count). The predicted molar refractivity (Wildman–Crippen MR) is 104 cm³/mol. The van der Waals surface area contributed by atoms with Gasteiger partial charge in [0.25, 0.3) is 0 Å². The Balaban J connectivity index is 1.47. The number of rotatable bonds is 6. The van der Waals surface area contributed by atoms with Crippen molar-refractivity contribution in [3.8, 4) is 0 Å². The number of hydrogen-bond acceptors (Lipinski definition) is 4. The summed E-state index contributed by atoms with van der Waals surface area (Å²) in [6.07, 6.45) is 3.51. The molecule has 0 radical (unpaired) electrons. The lowest BCUT2D eigenvalue weighted by molar-refractivity contribution is -0.141. The van der Waals surface area contributed by atoms with Crippen molar-refractivity contribution >= 4 is 29.3 Å². The summed E-state index contributed by atoms with van der Waals surface area (Å²) in [6.45, 7) is 1.97. The highest BCUT2D eigenvalue weighted by molar-refractivity contribution is 6.05. The van der Waals surface area contributed by atoms with Crippen LogP contribution in [0.5, 0.6) is 0 Å². The number of anilines is 1. The molecule has 0 aromatic heterocycles. The first kappa shape index (κ1) is 20.0. The van der Waals surface area contributed by atoms with Gasteiger partial charge < -0.3 is 10.2 Å². The van der Waals surface area contributed by atoms with E-state index < -0.39 is 0 Å². The molecular weight excluding hydrogens is 358 g/mol.